The van der Waals surface area contributed by atoms with E-state index in [1.807, 2.05) is 0 Å². The molecule has 3 heteroatoms. The first-order valence-electron chi connectivity index (χ1n) is 6.57. The molecule has 2 heterocycles. The van der Waals surface area contributed by atoms with E-state index in [-0.39, 0.29) is 5.44 Å². The van der Waals surface area contributed by atoms with E-state index in [1.165, 1.54) is 24.1 Å². The zero-order chi connectivity index (χ0) is 11.9. The molecule has 1 aromatic rings. The van der Waals surface area contributed by atoms with E-state index in [9.17, 15) is 0 Å². The molecular formula is C14H19BN2. The predicted molar refractivity (Wildman–Crippen MR) is 72.7 cm³/mol. The van der Waals surface area contributed by atoms with Crippen LogP contribution in [0.5, 0.6) is 0 Å². The van der Waals surface area contributed by atoms with Crippen molar-refractivity contribution in [3.8, 4) is 0 Å². The zero-order valence-corrected chi connectivity index (χ0v) is 10.4. The van der Waals surface area contributed by atoms with Gasteiger partial charge >= 0.3 is 0 Å². The van der Waals surface area contributed by atoms with Crippen molar-refractivity contribution in [3.63, 3.8) is 0 Å². The maximum absolute atomic E-state index is 6.61. The third kappa shape index (κ3) is 1.77. The number of benzene rings is 1. The molecule has 88 valence electrons. The Labute approximate surface area is 105 Å². The van der Waals surface area contributed by atoms with Crippen LogP contribution in [-0.2, 0) is 6.42 Å². The summed E-state index contributed by atoms with van der Waals surface area (Å²) in [7, 11) is 6.61. The van der Waals surface area contributed by atoms with Crippen LogP contribution >= 0.6 is 0 Å². The van der Waals surface area contributed by atoms with Crippen LogP contribution in [0.4, 0.5) is 5.69 Å². The fourth-order valence-corrected chi connectivity index (χ4v) is 3.21. The second-order valence-electron chi connectivity index (χ2n) is 5.41. The summed E-state index contributed by atoms with van der Waals surface area (Å²) in [5.74, 6) is 0. The third-order valence-electron chi connectivity index (χ3n) is 4.23. The van der Waals surface area contributed by atoms with Crippen LogP contribution in [0.25, 0.3) is 0 Å². The molecule has 2 aliphatic rings. The lowest BCUT2D eigenvalue weighted by atomic mass is 9.71. The summed E-state index contributed by atoms with van der Waals surface area (Å²) in [5, 5.41) is 3.54. The van der Waals surface area contributed by atoms with Crippen molar-refractivity contribution in [2.75, 3.05) is 18.0 Å². The van der Waals surface area contributed by atoms with Crippen molar-refractivity contribution in [1.29, 1.82) is 0 Å². The molecule has 0 spiro atoms. The van der Waals surface area contributed by atoms with Crippen molar-refractivity contribution < 1.29 is 0 Å². The molecule has 0 bridgehead atoms. The summed E-state index contributed by atoms with van der Waals surface area (Å²) in [5.41, 5.74) is 2.48. The molecule has 1 fully saturated rings. The van der Waals surface area contributed by atoms with Crippen LogP contribution in [0.15, 0.2) is 24.3 Å². The zero-order valence-electron chi connectivity index (χ0n) is 10.4. The fraction of sp³-hybridized carbons (Fsp3) is 0.571. The van der Waals surface area contributed by atoms with E-state index in [4.69, 9.17) is 7.85 Å². The molecule has 0 aromatic heterocycles. The molecule has 1 unspecified atom stereocenters. The second-order valence-corrected chi connectivity index (χ2v) is 5.41. The topological polar surface area (TPSA) is 15.3 Å². The van der Waals surface area contributed by atoms with Gasteiger partial charge in [0.1, 0.15) is 7.85 Å². The Hall–Kier alpha value is -0.955. The Morgan fingerprint density at radius 3 is 3.00 bits per heavy atom. The number of hydrogen-bond donors (Lipinski definition) is 1. The van der Waals surface area contributed by atoms with Crippen LogP contribution in [0.2, 0.25) is 0 Å². The van der Waals surface area contributed by atoms with Gasteiger partial charge in [-0.1, -0.05) is 18.2 Å². The normalized spacial score (nSPS) is 26.9. The first kappa shape index (κ1) is 11.2. The van der Waals surface area contributed by atoms with Gasteiger partial charge in [-0.25, -0.2) is 0 Å². The van der Waals surface area contributed by atoms with Crippen molar-refractivity contribution in [2.45, 2.75) is 37.7 Å². The predicted octanol–water partition coefficient (Wildman–Crippen LogP) is 1.69. The fourth-order valence-electron chi connectivity index (χ4n) is 3.21. The number of nitrogens with one attached hydrogen (secondary N) is 1. The van der Waals surface area contributed by atoms with Gasteiger partial charge in [-0.15, -0.1) is 0 Å². The molecule has 1 saturated heterocycles. The Morgan fingerprint density at radius 2 is 2.24 bits per heavy atom. The molecular weight excluding hydrogens is 207 g/mol. The molecule has 2 atom stereocenters. The smallest absolute Gasteiger partial charge is 0.105 e. The van der Waals surface area contributed by atoms with Crippen molar-refractivity contribution in [3.05, 3.63) is 29.8 Å². The lowest BCUT2D eigenvalue weighted by Gasteiger charge is -2.43. The highest BCUT2D eigenvalue weighted by molar-refractivity contribution is 6.17. The number of rotatable bonds is 2. The average molecular weight is 226 g/mol. The Bertz CT molecular complexity index is 410. The second kappa shape index (κ2) is 4.06. The Morgan fingerprint density at radius 1 is 1.41 bits per heavy atom. The first-order valence-corrected chi connectivity index (χ1v) is 6.57. The Kier molecular flexibility index (Phi) is 2.66. The molecule has 1 aromatic carbocycles. The molecule has 2 nitrogen and oxygen atoms in total. The van der Waals surface area contributed by atoms with Crippen LogP contribution in [0.1, 0.15) is 25.3 Å². The van der Waals surface area contributed by atoms with Crippen LogP contribution < -0.4 is 10.2 Å². The average Bonchev–Trinajstić information content (AvgIpc) is 2.99. The van der Waals surface area contributed by atoms with E-state index < -0.39 is 0 Å². The van der Waals surface area contributed by atoms with E-state index >= 15 is 0 Å². The first-order chi connectivity index (χ1) is 8.19. The molecule has 2 aliphatic heterocycles. The minimum absolute atomic E-state index is 0.275. The maximum Gasteiger partial charge on any atom is 0.105 e. The summed E-state index contributed by atoms with van der Waals surface area (Å²) < 4.78 is 0. The van der Waals surface area contributed by atoms with E-state index in [0.29, 0.717) is 6.04 Å². The van der Waals surface area contributed by atoms with Gasteiger partial charge in [0.15, 0.2) is 0 Å². The van der Waals surface area contributed by atoms with E-state index in [1.54, 1.807) is 0 Å². The lowest BCUT2D eigenvalue weighted by Crippen LogP contribution is -2.58. The molecule has 3 rings (SSSR count). The largest absolute Gasteiger partial charge is 0.373 e. The van der Waals surface area contributed by atoms with Crippen LogP contribution in [0, 0.1) is 0 Å². The molecule has 2 radical (unpaired) electrons. The highest BCUT2D eigenvalue weighted by Crippen LogP contribution is 2.35. The van der Waals surface area contributed by atoms with Gasteiger partial charge in [-0.2, -0.15) is 0 Å². The third-order valence-corrected chi connectivity index (χ3v) is 4.23. The molecule has 0 amide bonds. The number of nitrogens with zero attached hydrogens (tertiary/aromatic N) is 1. The van der Waals surface area contributed by atoms with Gasteiger partial charge < -0.3 is 10.2 Å². The van der Waals surface area contributed by atoms with Crippen molar-refractivity contribution >= 4 is 13.5 Å². The maximum atomic E-state index is 6.61. The van der Waals surface area contributed by atoms with Gasteiger partial charge in [0.25, 0.3) is 0 Å². The summed E-state index contributed by atoms with van der Waals surface area (Å²) >= 11 is 0. The SMILES string of the molecule is [B]C(C)([C@H]1CCCN1)N1CCc2ccccc21. The minimum Gasteiger partial charge on any atom is -0.373 e. The quantitative estimate of drug-likeness (QED) is 0.772. The van der Waals surface area contributed by atoms with Gasteiger partial charge in [-0.3, -0.25) is 0 Å². The monoisotopic (exact) mass is 226 g/mol. The standard InChI is InChI=1S/C14H19BN2/c1-14(15,13-7-4-9-16-13)17-10-8-11-5-2-3-6-12(11)17/h2-3,5-6,13,16H,4,7-10H2,1H3/t13-,14?/m1/s1. The number of anilines is 1. The molecule has 17 heavy (non-hydrogen) atoms. The molecule has 1 N–H and O–H groups in total. The van der Waals surface area contributed by atoms with Gasteiger partial charge in [-0.05, 0) is 44.4 Å². The van der Waals surface area contributed by atoms with Gasteiger partial charge in [0.05, 0.1) is 0 Å². The van der Waals surface area contributed by atoms with Crippen LogP contribution in [-0.4, -0.2) is 32.4 Å². The van der Waals surface area contributed by atoms with E-state index in [2.05, 4.69) is 41.4 Å². The molecule has 0 saturated carbocycles. The summed E-state index contributed by atoms with van der Waals surface area (Å²) in [4.78, 5) is 2.38. The van der Waals surface area contributed by atoms with Crippen molar-refractivity contribution in [1.82, 2.24) is 5.32 Å². The number of fused-ring (bicyclic) bond motifs is 1. The summed E-state index contributed by atoms with van der Waals surface area (Å²) in [6.45, 7) is 4.32. The van der Waals surface area contributed by atoms with Crippen molar-refractivity contribution in [2.24, 2.45) is 0 Å². The van der Waals surface area contributed by atoms with Crippen LogP contribution in [0.3, 0.4) is 0 Å². The highest BCUT2D eigenvalue weighted by atomic mass is 15.2. The minimum atomic E-state index is -0.275. The Balaban J connectivity index is 1.90. The number of hydrogen-bond acceptors (Lipinski definition) is 2. The van der Waals surface area contributed by atoms with Gasteiger partial charge in [0.2, 0.25) is 0 Å². The van der Waals surface area contributed by atoms with Gasteiger partial charge in [0, 0.05) is 23.7 Å². The molecule has 0 aliphatic carbocycles. The van der Waals surface area contributed by atoms with E-state index in [0.717, 1.165) is 19.5 Å². The summed E-state index contributed by atoms with van der Waals surface area (Å²) in [6, 6.07) is 9.04. The summed E-state index contributed by atoms with van der Waals surface area (Å²) in [6.07, 6.45) is 3.55. The lowest BCUT2D eigenvalue weighted by molar-refractivity contribution is 0.436. The number of para-hydroxylation sites is 1. The highest BCUT2D eigenvalue weighted by Gasteiger charge is 2.38.